The second-order valence-electron chi connectivity index (χ2n) is 3.98. The predicted octanol–water partition coefficient (Wildman–Crippen LogP) is 2.40. The van der Waals surface area contributed by atoms with Gasteiger partial charge in [0, 0.05) is 5.33 Å². The number of aryl methyl sites for hydroxylation is 3. The highest BCUT2D eigenvalue weighted by Crippen LogP contribution is 2.26. The third-order valence-corrected chi connectivity index (χ3v) is 3.22. The summed E-state index contributed by atoms with van der Waals surface area (Å²) in [6, 6.07) is 4.04. The van der Waals surface area contributed by atoms with E-state index < -0.39 is 12.2 Å². The molecule has 2 unspecified atom stereocenters. The van der Waals surface area contributed by atoms with E-state index in [0.717, 1.165) is 16.7 Å². The normalized spacial score (nSPS) is 15.1. The molecule has 15 heavy (non-hydrogen) atoms. The molecule has 2 N–H and O–H groups in total. The van der Waals surface area contributed by atoms with Gasteiger partial charge in [-0.05, 0) is 37.5 Å². The first-order valence-corrected chi connectivity index (χ1v) is 6.09. The van der Waals surface area contributed by atoms with Gasteiger partial charge in [0.1, 0.15) is 6.10 Å². The number of benzene rings is 1. The fraction of sp³-hybridized carbons (Fsp3) is 0.500. The Bertz CT molecular complexity index is 326. The van der Waals surface area contributed by atoms with Crippen molar-refractivity contribution < 1.29 is 10.2 Å². The maximum absolute atomic E-state index is 9.96. The van der Waals surface area contributed by atoms with E-state index in [1.54, 1.807) is 0 Å². The van der Waals surface area contributed by atoms with Crippen molar-refractivity contribution in [3.63, 3.8) is 0 Å². The van der Waals surface area contributed by atoms with Gasteiger partial charge in [0.15, 0.2) is 0 Å². The Hall–Kier alpha value is -0.380. The smallest absolute Gasteiger partial charge is 0.106 e. The first-order chi connectivity index (χ1) is 6.97. The van der Waals surface area contributed by atoms with Gasteiger partial charge in [-0.2, -0.15) is 0 Å². The van der Waals surface area contributed by atoms with E-state index in [1.807, 2.05) is 32.9 Å². The highest BCUT2D eigenvalue weighted by Gasteiger charge is 2.20. The maximum Gasteiger partial charge on any atom is 0.106 e. The minimum Gasteiger partial charge on any atom is -0.389 e. The van der Waals surface area contributed by atoms with E-state index in [0.29, 0.717) is 5.33 Å². The van der Waals surface area contributed by atoms with E-state index in [4.69, 9.17) is 0 Å². The average Bonchev–Trinajstić information content (AvgIpc) is 2.14. The molecule has 0 radical (unpaired) electrons. The fourth-order valence-corrected chi connectivity index (χ4v) is 2.29. The molecule has 0 fully saturated rings. The van der Waals surface area contributed by atoms with Gasteiger partial charge in [-0.25, -0.2) is 0 Å². The van der Waals surface area contributed by atoms with Crippen molar-refractivity contribution in [1.29, 1.82) is 0 Å². The number of aliphatic hydroxyl groups excluding tert-OH is 2. The molecule has 2 nitrogen and oxygen atoms in total. The molecule has 0 saturated heterocycles. The molecule has 1 aromatic carbocycles. The van der Waals surface area contributed by atoms with Crippen LogP contribution in [0.3, 0.4) is 0 Å². The Morgan fingerprint density at radius 2 is 1.60 bits per heavy atom. The van der Waals surface area contributed by atoms with Crippen LogP contribution in [0.15, 0.2) is 12.1 Å². The minimum atomic E-state index is -0.815. The van der Waals surface area contributed by atoms with Crippen LogP contribution in [0.1, 0.15) is 28.4 Å². The summed E-state index contributed by atoms with van der Waals surface area (Å²) in [6.45, 7) is 5.94. The average molecular weight is 273 g/mol. The first kappa shape index (κ1) is 12.7. The molecule has 0 aliphatic carbocycles. The van der Waals surface area contributed by atoms with Gasteiger partial charge in [-0.3, -0.25) is 0 Å². The van der Waals surface area contributed by atoms with Crippen molar-refractivity contribution in [2.75, 3.05) is 5.33 Å². The van der Waals surface area contributed by atoms with Gasteiger partial charge in [-0.15, -0.1) is 0 Å². The van der Waals surface area contributed by atoms with Crippen LogP contribution in [0.4, 0.5) is 0 Å². The van der Waals surface area contributed by atoms with Crippen LogP contribution in [0.5, 0.6) is 0 Å². The second kappa shape index (κ2) is 5.10. The summed E-state index contributed by atoms with van der Waals surface area (Å²) in [7, 11) is 0. The van der Waals surface area contributed by atoms with Crippen LogP contribution in [-0.2, 0) is 0 Å². The lowest BCUT2D eigenvalue weighted by atomic mass is 9.93. The third-order valence-electron chi connectivity index (χ3n) is 2.56. The quantitative estimate of drug-likeness (QED) is 0.830. The van der Waals surface area contributed by atoms with Crippen molar-refractivity contribution in [3.05, 3.63) is 34.4 Å². The van der Waals surface area contributed by atoms with Crippen LogP contribution >= 0.6 is 15.9 Å². The molecule has 0 spiro atoms. The van der Waals surface area contributed by atoms with E-state index in [9.17, 15) is 10.2 Å². The number of alkyl halides is 1. The molecular formula is C12H17BrO2. The van der Waals surface area contributed by atoms with Crippen molar-refractivity contribution in [3.8, 4) is 0 Å². The molecule has 84 valence electrons. The molecule has 0 saturated carbocycles. The Balaban J connectivity index is 3.13. The monoisotopic (exact) mass is 272 g/mol. The molecule has 0 amide bonds. The highest BCUT2D eigenvalue weighted by molar-refractivity contribution is 9.09. The zero-order chi connectivity index (χ0) is 11.6. The van der Waals surface area contributed by atoms with E-state index in [2.05, 4.69) is 15.9 Å². The summed E-state index contributed by atoms with van der Waals surface area (Å²) < 4.78 is 0. The Kier molecular flexibility index (Phi) is 4.32. The summed E-state index contributed by atoms with van der Waals surface area (Å²) >= 11 is 3.17. The van der Waals surface area contributed by atoms with Crippen molar-refractivity contribution in [1.82, 2.24) is 0 Å². The summed E-state index contributed by atoms with van der Waals surface area (Å²) in [6.07, 6.45) is -1.57. The molecule has 0 aliphatic rings. The van der Waals surface area contributed by atoms with Gasteiger partial charge < -0.3 is 10.2 Å². The molecule has 1 aromatic rings. The lowest BCUT2D eigenvalue weighted by Crippen LogP contribution is -2.21. The third kappa shape index (κ3) is 2.80. The van der Waals surface area contributed by atoms with E-state index >= 15 is 0 Å². The molecule has 0 aliphatic heterocycles. The minimum absolute atomic E-state index is 0.376. The number of hydrogen-bond acceptors (Lipinski definition) is 2. The van der Waals surface area contributed by atoms with Gasteiger partial charge >= 0.3 is 0 Å². The summed E-state index contributed by atoms with van der Waals surface area (Å²) in [5.74, 6) is 0. The molecule has 3 heteroatoms. The summed E-state index contributed by atoms with van der Waals surface area (Å²) in [5.41, 5.74) is 4.07. The van der Waals surface area contributed by atoms with Crippen LogP contribution in [0.25, 0.3) is 0 Å². The standard InChI is InChI=1S/C12H17BrO2/c1-7-4-8(2)11(9(3)5-7)12(15)10(14)6-13/h4-5,10,12,14-15H,6H2,1-3H3. The highest BCUT2D eigenvalue weighted by atomic mass is 79.9. The van der Waals surface area contributed by atoms with E-state index in [1.165, 1.54) is 5.56 Å². The van der Waals surface area contributed by atoms with Crippen LogP contribution in [-0.4, -0.2) is 21.6 Å². The molecule has 0 bridgehead atoms. The lowest BCUT2D eigenvalue weighted by molar-refractivity contribution is 0.0335. The molecule has 1 rings (SSSR count). The van der Waals surface area contributed by atoms with Gasteiger partial charge in [0.05, 0.1) is 6.10 Å². The Labute approximate surface area is 99.1 Å². The lowest BCUT2D eigenvalue weighted by Gasteiger charge is -2.20. The molecule has 0 aromatic heterocycles. The number of aliphatic hydroxyl groups is 2. The van der Waals surface area contributed by atoms with Gasteiger partial charge in [0.2, 0.25) is 0 Å². The zero-order valence-electron chi connectivity index (χ0n) is 9.29. The SMILES string of the molecule is Cc1cc(C)c(C(O)C(O)CBr)c(C)c1. The molecule has 2 atom stereocenters. The van der Waals surface area contributed by atoms with Gasteiger partial charge in [-0.1, -0.05) is 33.6 Å². The molecular weight excluding hydrogens is 256 g/mol. The van der Waals surface area contributed by atoms with Crippen LogP contribution < -0.4 is 0 Å². The fourth-order valence-electron chi connectivity index (χ4n) is 1.93. The van der Waals surface area contributed by atoms with Crippen molar-refractivity contribution >= 4 is 15.9 Å². The summed E-state index contributed by atoms with van der Waals surface area (Å²) in [5, 5.41) is 19.9. The van der Waals surface area contributed by atoms with Crippen LogP contribution in [0, 0.1) is 20.8 Å². The number of rotatable bonds is 3. The second-order valence-corrected chi connectivity index (χ2v) is 4.63. The Morgan fingerprint density at radius 1 is 1.13 bits per heavy atom. The zero-order valence-corrected chi connectivity index (χ0v) is 10.9. The topological polar surface area (TPSA) is 40.5 Å². The van der Waals surface area contributed by atoms with Crippen molar-refractivity contribution in [2.24, 2.45) is 0 Å². The van der Waals surface area contributed by atoms with E-state index in [-0.39, 0.29) is 0 Å². The number of halogens is 1. The summed E-state index contributed by atoms with van der Waals surface area (Å²) in [4.78, 5) is 0. The number of hydrogen-bond donors (Lipinski definition) is 2. The van der Waals surface area contributed by atoms with Crippen molar-refractivity contribution in [2.45, 2.75) is 33.0 Å². The largest absolute Gasteiger partial charge is 0.389 e. The van der Waals surface area contributed by atoms with Gasteiger partial charge in [0.25, 0.3) is 0 Å². The maximum atomic E-state index is 9.96. The molecule has 0 heterocycles. The predicted molar refractivity (Wildman–Crippen MR) is 65.4 cm³/mol. The first-order valence-electron chi connectivity index (χ1n) is 4.97. The van der Waals surface area contributed by atoms with Crippen LogP contribution in [0.2, 0.25) is 0 Å². The Morgan fingerprint density at radius 3 is 2.00 bits per heavy atom.